The van der Waals surface area contributed by atoms with Crippen LogP contribution in [0.25, 0.3) is 0 Å². The lowest BCUT2D eigenvalue weighted by atomic mass is 9.94. The van der Waals surface area contributed by atoms with Crippen molar-refractivity contribution in [2.24, 2.45) is 0 Å². The normalized spacial score (nSPS) is 17.9. The highest BCUT2D eigenvalue weighted by Gasteiger charge is 2.52. The minimum atomic E-state index is -0.553. The van der Waals surface area contributed by atoms with Crippen LogP contribution in [0.4, 0.5) is 0 Å². The Morgan fingerprint density at radius 2 is 1.79 bits per heavy atom. The van der Waals surface area contributed by atoms with Crippen LogP contribution in [0, 0.1) is 0 Å². The number of carbonyl (C=O) groups is 1. The van der Waals surface area contributed by atoms with Crippen molar-refractivity contribution in [3.63, 3.8) is 0 Å². The number of benzene rings is 2. The highest BCUT2D eigenvalue weighted by atomic mass is 16.7. The van der Waals surface area contributed by atoms with Crippen molar-refractivity contribution in [1.82, 2.24) is 0 Å². The van der Waals surface area contributed by atoms with E-state index < -0.39 is 11.7 Å². The number of hydrogen-bond donors (Lipinski definition) is 0. The first kappa shape index (κ1) is 18.8. The molecule has 1 aliphatic heterocycles. The molecule has 2 aromatic carbocycles. The molecule has 0 bridgehead atoms. The Kier molecular flexibility index (Phi) is 5.24. The van der Waals surface area contributed by atoms with Crippen LogP contribution < -0.4 is 9.47 Å². The average molecular weight is 384 g/mol. The Balaban J connectivity index is 1.60. The third-order valence-electron chi connectivity index (χ3n) is 5.32. The van der Waals surface area contributed by atoms with Crippen LogP contribution in [0.5, 0.6) is 11.5 Å². The first-order valence-corrected chi connectivity index (χ1v) is 9.38. The predicted molar refractivity (Wildman–Crippen MR) is 101 cm³/mol. The fourth-order valence-corrected chi connectivity index (χ4v) is 3.50. The lowest BCUT2D eigenvalue weighted by Crippen LogP contribution is -2.22. The van der Waals surface area contributed by atoms with E-state index in [1.54, 1.807) is 7.11 Å². The molecule has 1 saturated heterocycles. The van der Waals surface area contributed by atoms with Gasteiger partial charge in [0.2, 0.25) is 0 Å². The number of carbonyl (C=O) groups excluding carboxylic acids is 1. The van der Waals surface area contributed by atoms with E-state index in [1.165, 1.54) is 7.11 Å². The zero-order valence-electron chi connectivity index (χ0n) is 16.1. The van der Waals surface area contributed by atoms with E-state index in [0.717, 1.165) is 35.3 Å². The molecular formula is C22H24O6. The monoisotopic (exact) mass is 384 g/mol. The van der Waals surface area contributed by atoms with Gasteiger partial charge in [-0.3, -0.25) is 4.79 Å². The van der Waals surface area contributed by atoms with Crippen molar-refractivity contribution in [2.75, 3.05) is 27.4 Å². The van der Waals surface area contributed by atoms with Gasteiger partial charge in [0.15, 0.2) is 6.29 Å². The standard InChI is InChI=1S/C22H24O6/c1-24-17-6-3-15(4-7-17)14-28-19-13-16(22(9-10-22)21(23)25-2)5-8-18(19)20-26-11-12-27-20/h3-8,13,20H,9-12,14H2,1-2H3. The summed E-state index contributed by atoms with van der Waals surface area (Å²) in [5.41, 5.74) is 2.20. The summed E-state index contributed by atoms with van der Waals surface area (Å²) in [6, 6.07) is 13.5. The fraction of sp³-hybridized carbons (Fsp3) is 0.409. The molecule has 6 heteroatoms. The summed E-state index contributed by atoms with van der Waals surface area (Å²) >= 11 is 0. The third-order valence-corrected chi connectivity index (χ3v) is 5.32. The Morgan fingerprint density at radius 1 is 1.07 bits per heavy atom. The van der Waals surface area contributed by atoms with Gasteiger partial charge >= 0.3 is 5.97 Å². The van der Waals surface area contributed by atoms with Crippen LogP contribution >= 0.6 is 0 Å². The average Bonchev–Trinajstić information content (AvgIpc) is 3.38. The second-order valence-corrected chi connectivity index (χ2v) is 7.04. The molecular weight excluding hydrogens is 360 g/mol. The highest BCUT2D eigenvalue weighted by molar-refractivity contribution is 5.86. The van der Waals surface area contributed by atoms with Gasteiger partial charge in [0, 0.05) is 5.56 Å². The summed E-state index contributed by atoms with van der Waals surface area (Å²) in [5, 5.41) is 0. The molecule has 1 heterocycles. The number of hydrogen-bond acceptors (Lipinski definition) is 6. The van der Waals surface area contributed by atoms with Crippen LogP contribution in [-0.4, -0.2) is 33.4 Å². The van der Waals surface area contributed by atoms with Gasteiger partial charge in [0.05, 0.1) is 32.8 Å². The number of ether oxygens (including phenoxy) is 5. The van der Waals surface area contributed by atoms with Crippen molar-refractivity contribution in [3.05, 3.63) is 59.2 Å². The molecule has 2 aliphatic rings. The Morgan fingerprint density at radius 3 is 2.39 bits per heavy atom. The predicted octanol–water partition coefficient (Wildman–Crippen LogP) is 3.52. The molecule has 28 heavy (non-hydrogen) atoms. The molecule has 1 saturated carbocycles. The van der Waals surface area contributed by atoms with Crippen LogP contribution in [0.2, 0.25) is 0 Å². The van der Waals surface area contributed by atoms with Gasteiger partial charge in [-0.1, -0.05) is 18.2 Å². The Labute approximate surface area is 164 Å². The van der Waals surface area contributed by atoms with Crippen LogP contribution in [0.3, 0.4) is 0 Å². The summed E-state index contributed by atoms with van der Waals surface area (Å²) in [7, 11) is 3.07. The quantitative estimate of drug-likeness (QED) is 0.681. The number of rotatable bonds is 7. The van der Waals surface area contributed by atoms with Gasteiger partial charge in [-0.15, -0.1) is 0 Å². The largest absolute Gasteiger partial charge is 0.497 e. The topological polar surface area (TPSA) is 63.2 Å². The SMILES string of the molecule is COC(=O)C1(c2ccc(C3OCCO3)c(OCc3ccc(OC)cc3)c2)CC1. The molecule has 0 aromatic heterocycles. The molecule has 148 valence electrons. The molecule has 2 aromatic rings. The molecule has 6 nitrogen and oxygen atoms in total. The summed E-state index contributed by atoms with van der Waals surface area (Å²) in [4.78, 5) is 12.3. The minimum Gasteiger partial charge on any atom is -0.497 e. The van der Waals surface area contributed by atoms with Crippen molar-refractivity contribution < 1.29 is 28.5 Å². The second-order valence-electron chi connectivity index (χ2n) is 7.04. The smallest absolute Gasteiger partial charge is 0.316 e. The molecule has 0 unspecified atom stereocenters. The van der Waals surface area contributed by atoms with Gasteiger partial charge < -0.3 is 23.7 Å². The third kappa shape index (κ3) is 3.57. The zero-order chi connectivity index (χ0) is 19.6. The van der Waals surface area contributed by atoms with E-state index in [4.69, 9.17) is 23.7 Å². The first-order valence-electron chi connectivity index (χ1n) is 9.38. The van der Waals surface area contributed by atoms with Gasteiger partial charge in [-0.05, 0) is 48.2 Å². The lowest BCUT2D eigenvalue weighted by molar-refractivity contribution is -0.143. The maximum atomic E-state index is 12.3. The molecule has 2 fully saturated rings. The van der Waals surface area contributed by atoms with Crippen molar-refractivity contribution in [3.8, 4) is 11.5 Å². The molecule has 4 rings (SSSR count). The van der Waals surface area contributed by atoms with Crippen molar-refractivity contribution in [2.45, 2.75) is 31.2 Å². The van der Waals surface area contributed by atoms with Crippen molar-refractivity contribution >= 4 is 5.97 Å². The van der Waals surface area contributed by atoms with Crippen LogP contribution in [-0.2, 0) is 31.0 Å². The summed E-state index contributed by atoms with van der Waals surface area (Å²) < 4.78 is 27.7. The minimum absolute atomic E-state index is 0.199. The van der Waals surface area contributed by atoms with Gasteiger partial charge in [-0.2, -0.15) is 0 Å². The summed E-state index contributed by atoms with van der Waals surface area (Å²) in [6.45, 7) is 1.49. The maximum absolute atomic E-state index is 12.3. The fourth-order valence-electron chi connectivity index (χ4n) is 3.50. The molecule has 0 radical (unpaired) electrons. The molecule has 0 amide bonds. The van der Waals surface area contributed by atoms with E-state index in [1.807, 2.05) is 42.5 Å². The van der Waals surface area contributed by atoms with E-state index in [0.29, 0.717) is 25.6 Å². The van der Waals surface area contributed by atoms with Gasteiger partial charge in [0.1, 0.15) is 18.1 Å². The Bertz CT molecular complexity index is 835. The summed E-state index contributed by atoms with van der Waals surface area (Å²) in [5.74, 6) is 1.26. The first-order chi connectivity index (χ1) is 13.7. The lowest BCUT2D eigenvalue weighted by Gasteiger charge is -2.19. The maximum Gasteiger partial charge on any atom is 0.316 e. The van der Waals surface area contributed by atoms with Crippen molar-refractivity contribution in [1.29, 1.82) is 0 Å². The molecule has 0 spiro atoms. The van der Waals surface area contributed by atoms with E-state index >= 15 is 0 Å². The van der Waals surface area contributed by atoms with Gasteiger partial charge in [-0.25, -0.2) is 0 Å². The highest BCUT2D eigenvalue weighted by Crippen LogP contribution is 2.50. The molecule has 0 N–H and O–H groups in total. The number of esters is 1. The van der Waals surface area contributed by atoms with Crippen LogP contribution in [0.1, 0.15) is 35.8 Å². The molecule has 0 atom stereocenters. The Hall–Kier alpha value is -2.57. The number of methoxy groups -OCH3 is 2. The van der Waals surface area contributed by atoms with E-state index in [9.17, 15) is 4.79 Å². The van der Waals surface area contributed by atoms with Crippen LogP contribution in [0.15, 0.2) is 42.5 Å². The van der Waals surface area contributed by atoms with E-state index in [2.05, 4.69) is 0 Å². The zero-order valence-corrected chi connectivity index (χ0v) is 16.1. The van der Waals surface area contributed by atoms with Gasteiger partial charge in [0.25, 0.3) is 0 Å². The summed E-state index contributed by atoms with van der Waals surface area (Å²) in [6.07, 6.45) is 1.12. The van der Waals surface area contributed by atoms with E-state index in [-0.39, 0.29) is 5.97 Å². The second kappa shape index (κ2) is 7.81. The molecule has 1 aliphatic carbocycles.